The molecule has 2 heteroatoms. The average molecular weight is 236 g/mol. The highest BCUT2D eigenvalue weighted by atomic mass is 15.3. The molecule has 17 heavy (non-hydrogen) atoms. The number of rotatable bonds is 1. The molecule has 0 bridgehead atoms. The zero-order valence-electron chi connectivity index (χ0n) is 13.0. The Balaban J connectivity index is 3.60. The number of hydrogen-bond donors (Lipinski definition) is 0. The van der Waals surface area contributed by atoms with Crippen LogP contribution in [0.15, 0.2) is 0 Å². The molecule has 1 heterocycles. The quantitative estimate of drug-likeness (QED) is 0.716. The van der Waals surface area contributed by atoms with Gasteiger partial charge in [0.1, 0.15) is 0 Å². The van der Waals surface area contributed by atoms with Crippen LogP contribution < -0.4 is 0 Å². The van der Waals surface area contributed by atoms with Gasteiger partial charge < -0.3 is 0 Å². The Morgan fingerprint density at radius 3 is 1.71 bits per heavy atom. The zero-order valence-corrected chi connectivity index (χ0v) is 13.0. The molecule has 0 radical (unpaired) electrons. The summed E-state index contributed by atoms with van der Waals surface area (Å²) in [5.74, 6) is 0.512. The second-order valence-corrected chi connectivity index (χ2v) is 7.39. The Labute approximate surface area is 106 Å². The van der Waals surface area contributed by atoms with Crippen LogP contribution in [0.4, 0.5) is 0 Å². The van der Waals surface area contributed by atoms with Crippen LogP contribution >= 0.6 is 0 Å². The molecule has 1 aromatic heterocycles. The molecule has 0 atom stereocenters. The van der Waals surface area contributed by atoms with E-state index in [9.17, 15) is 0 Å². The van der Waals surface area contributed by atoms with Crippen molar-refractivity contribution in [1.29, 1.82) is 0 Å². The Hall–Kier alpha value is -0.790. The first-order valence-corrected chi connectivity index (χ1v) is 6.54. The van der Waals surface area contributed by atoms with Gasteiger partial charge in [0.2, 0.25) is 0 Å². The summed E-state index contributed by atoms with van der Waals surface area (Å²) in [5, 5.41) is 4.79. The summed E-state index contributed by atoms with van der Waals surface area (Å²) in [5.41, 5.74) is 4.31. The lowest BCUT2D eigenvalue weighted by molar-refractivity contribution is 0.515. The summed E-state index contributed by atoms with van der Waals surface area (Å²) >= 11 is 0. The average Bonchev–Trinajstić information content (AvgIpc) is 2.40. The highest BCUT2D eigenvalue weighted by Gasteiger charge is 2.32. The van der Waals surface area contributed by atoms with Crippen molar-refractivity contribution in [3.05, 3.63) is 17.0 Å². The van der Waals surface area contributed by atoms with E-state index >= 15 is 0 Å². The van der Waals surface area contributed by atoms with Gasteiger partial charge in [-0.25, -0.2) is 0 Å². The summed E-state index contributed by atoms with van der Waals surface area (Å²) in [4.78, 5) is 0. The highest BCUT2D eigenvalue weighted by molar-refractivity contribution is 5.38. The molecule has 0 aliphatic heterocycles. The van der Waals surface area contributed by atoms with Gasteiger partial charge in [-0.15, -0.1) is 0 Å². The van der Waals surface area contributed by atoms with E-state index in [1.807, 2.05) is 0 Å². The topological polar surface area (TPSA) is 17.8 Å². The largest absolute Gasteiger partial charge is 0.272 e. The van der Waals surface area contributed by atoms with Crippen LogP contribution in [0.2, 0.25) is 0 Å². The molecule has 0 unspecified atom stereocenters. The molecular formula is C15H28N2. The lowest BCUT2D eigenvalue weighted by Crippen LogP contribution is -2.22. The fourth-order valence-corrected chi connectivity index (χ4v) is 2.46. The first kappa shape index (κ1) is 14.3. The minimum atomic E-state index is 0.105. The minimum Gasteiger partial charge on any atom is -0.272 e. The smallest absolute Gasteiger partial charge is 0.0718 e. The second kappa shape index (κ2) is 4.15. The summed E-state index contributed by atoms with van der Waals surface area (Å²) in [7, 11) is 2.07. The first-order chi connectivity index (χ1) is 7.46. The van der Waals surface area contributed by atoms with Gasteiger partial charge in [0.25, 0.3) is 0 Å². The van der Waals surface area contributed by atoms with Crippen LogP contribution in [0, 0.1) is 0 Å². The van der Waals surface area contributed by atoms with E-state index < -0.39 is 0 Å². The maximum Gasteiger partial charge on any atom is 0.0718 e. The lowest BCUT2D eigenvalue weighted by Gasteiger charge is -2.27. The Kier molecular flexibility index (Phi) is 3.48. The SMILES string of the molecule is CC(C)c1c(C(C)(C)C)c(C(C)(C)C)nn1C. The number of aromatic nitrogens is 2. The van der Waals surface area contributed by atoms with Crippen LogP contribution in [0.1, 0.15) is 78.3 Å². The molecule has 1 aromatic rings. The Morgan fingerprint density at radius 1 is 0.941 bits per heavy atom. The van der Waals surface area contributed by atoms with E-state index in [1.54, 1.807) is 0 Å². The maximum atomic E-state index is 4.79. The van der Waals surface area contributed by atoms with Gasteiger partial charge in [0.15, 0.2) is 0 Å². The van der Waals surface area contributed by atoms with Gasteiger partial charge in [-0.1, -0.05) is 55.4 Å². The Bertz CT molecular complexity index is 398. The monoisotopic (exact) mass is 236 g/mol. The number of nitrogens with zero attached hydrogens (tertiary/aromatic N) is 2. The molecule has 0 aromatic carbocycles. The lowest BCUT2D eigenvalue weighted by atomic mass is 9.77. The van der Waals surface area contributed by atoms with Crippen molar-refractivity contribution in [3.63, 3.8) is 0 Å². The van der Waals surface area contributed by atoms with Gasteiger partial charge in [-0.2, -0.15) is 5.10 Å². The standard InChI is InChI=1S/C15H28N2/c1-10(2)12-11(14(3,4)5)13(15(6,7)8)16-17(12)9/h10H,1-9H3. The molecule has 0 N–H and O–H groups in total. The molecule has 2 nitrogen and oxygen atoms in total. The fourth-order valence-electron chi connectivity index (χ4n) is 2.46. The second-order valence-electron chi connectivity index (χ2n) is 7.39. The van der Waals surface area contributed by atoms with Crippen molar-refractivity contribution in [2.24, 2.45) is 7.05 Å². The van der Waals surface area contributed by atoms with Crippen molar-refractivity contribution in [3.8, 4) is 0 Å². The third-order valence-corrected chi connectivity index (χ3v) is 3.10. The van der Waals surface area contributed by atoms with E-state index in [4.69, 9.17) is 5.10 Å². The van der Waals surface area contributed by atoms with Crippen LogP contribution in [-0.4, -0.2) is 9.78 Å². The Morgan fingerprint density at radius 2 is 1.41 bits per heavy atom. The molecule has 0 amide bonds. The van der Waals surface area contributed by atoms with Gasteiger partial charge in [-0.3, -0.25) is 4.68 Å². The molecule has 0 spiro atoms. The zero-order chi connectivity index (χ0) is 13.6. The molecule has 0 aliphatic rings. The van der Waals surface area contributed by atoms with E-state index in [0.29, 0.717) is 5.92 Å². The predicted molar refractivity (Wildman–Crippen MR) is 74.7 cm³/mol. The highest BCUT2D eigenvalue weighted by Crippen LogP contribution is 2.38. The fraction of sp³-hybridized carbons (Fsp3) is 0.800. The van der Waals surface area contributed by atoms with Gasteiger partial charge in [0.05, 0.1) is 5.69 Å². The van der Waals surface area contributed by atoms with Crippen molar-refractivity contribution in [2.45, 2.75) is 72.1 Å². The van der Waals surface area contributed by atoms with Crippen molar-refractivity contribution < 1.29 is 0 Å². The third-order valence-electron chi connectivity index (χ3n) is 3.10. The summed E-state index contributed by atoms with van der Waals surface area (Å²) in [6.45, 7) is 18.1. The first-order valence-electron chi connectivity index (χ1n) is 6.54. The number of aryl methyl sites for hydroxylation is 1. The van der Waals surface area contributed by atoms with Crippen molar-refractivity contribution in [2.75, 3.05) is 0 Å². The maximum absolute atomic E-state index is 4.79. The molecule has 0 aliphatic carbocycles. The van der Waals surface area contributed by atoms with E-state index in [-0.39, 0.29) is 10.8 Å². The summed E-state index contributed by atoms with van der Waals surface area (Å²) < 4.78 is 2.08. The molecule has 0 saturated carbocycles. The van der Waals surface area contributed by atoms with Crippen LogP contribution in [0.3, 0.4) is 0 Å². The third kappa shape index (κ3) is 2.72. The molecule has 98 valence electrons. The predicted octanol–water partition coefficient (Wildman–Crippen LogP) is 4.14. The van der Waals surface area contributed by atoms with E-state index in [1.165, 1.54) is 17.0 Å². The van der Waals surface area contributed by atoms with Gasteiger partial charge >= 0.3 is 0 Å². The molecule has 0 fully saturated rings. The molecule has 1 rings (SSSR count). The summed E-state index contributed by atoms with van der Waals surface area (Å²) in [6, 6.07) is 0. The van der Waals surface area contributed by atoms with Crippen LogP contribution in [0.5, 0.6) is 0 Å². The normalized spacial score (nSPS) is 13.5. The van der Waals surface area contributed by atoms with Crippen LogP contribution in [-0.2, 0) is 17.9 Å². The van der Waals surface area contributed by atoms with Gasteiger partial charge in [-0.05, 0) is 11.3 Å². The minimum absolute atomic E-state index is 0.105. The molecular weight excluding hydrogens is 208 g/mol. The van der Waals surface area contributed by atoms with E-state index in [2.05, 4.69) is 67.1 Å². The molecule has 0 saturated heterocycles. The van der Waals surface area contributed by atoms with E-state index in [0.717, 1.165) is 0 Å². The van der Waals surface area contributed by atoms with Crippen molar-refractivity contribution in [1.82, 2.24) is 9.78 Å². The van der Waals surface area contributed by atoms with Crippen LogP contribution in [0.25, 0.3) is 0 Å². The summed E-state index contributed by atoms with van der Waals surface area (Å²) in [6.07, 6.45) is 0. The number of hydrogen-bond acceptors (Lipinski definition) is 1. The van der Waals surface area contributed by atoms with Crippen molar-refractivity contribution >= 4 is 0 Å². The van der Waals surface area contributed by atoms with Gasteiger partial charge in [0, 0.05) is 23.7 Å².